The summed E-state index contributed by atoms with van der Waals surface area (Å²) in [4.78, 5) is 24.6. The first-order valence-electron chi connectivity index (χ1n) is 35.4. The van der Waals surface area contributed by atoms with Crippen LogP contribution in [-0.4, -0.2) is 47.4 Å². The standard InChI is InChI=1S/C71H139NO5/c1-3-5-7-9-11-13-15-17-19-35-39-43-47-51-55-59-63-69(74)68(67-73)72-70(75)64-60-56-52-48-44-40-36-33-31-29-27-25-23-21-22-24-26-28-30-32-34-38-42-46-50-54-58-62-66-77-71(76)65-61-57-53-49-45-41-37-20-18-16-14-12-10-8-6-4-2/h21-22,68-69,73-74H,3-20,23-67H2,1-2H3,(H,72,75)/b22-21-. The Morgan fingerprint density at radius 2 is 0.610 bits per heavy atom. The van der Waals surface area contributed by atoms with Gasteiger partial charge < -0.3 is 20.3 Å². The Balaban J connectivity index is 3.35. The van der Waals surface area contributed by atoms with Crippen molar-refractivity contribution >= 4 is 11.9 Å². The largest absolute Gasteiger partial charge is 0.466 e. The minimum absolute atomic E-state index is 0.0203. The summed E-state index contributed by atoms with van der Waals surface area (Å²) >= 11 is 0. The highest BCUT2D eigenvalue weighted by Gasteiger charge is 2.20. The highest BCUT2D eigenvalue weighted by Crippen LogP contribution is 2.19. The molecular formula is C71H139NO5. The molecule has 6 nitrogen and oxygen atoms in total. The number of carbonyl (C=O) groups is 2. The van der Waals surface area contributed by atoms with E-state index in [4.69, 9.17) is 4.74 Å². The number of aliphatic hydroxyl groups is 2. The van der Waals surface area contributed by atoms with Crippen molar-refractivity contribution in [3.05, 3.63) is 12.2 Å². The normalized spacial score (nSPS) is 12.5. The topological polar surface area (TPSA) is 95.9 Å². The van der Waals surface area contributed by atoms with E-state index in [1.54, 1.807) is 0 Å². The second-order valence-corrected chi connectivity index (χ2v) is 24.6. The van der Waals surface area contributed by atoms with Gasteiger partial charge >= 0.3 is 5.97 Å². The number of aliphatic hydroxyl groups excluding tert-OH is 2. The van der Waals surface area contributed by atoms with Crippen LogP contribution in [0.4, 0.5) is 0 Å². The van der Waals surface area contributed by atoms with Crippen LogP contribution in [-0.2, 0) is 14.3 Å². The molecular weight excluding hydrogens is 947 g/mol. The van der Waals surface area contributed by atoms with Crippen LogP contribution in [0.5, 0.6) is 0 Å². The van der Waals surface area contributed by atoms with Gasteiger partial charge in [0.1, 0.15) is 0 Å². The van der Waals surface area contributed by atoms with Crippen molar-refractivity contribution in [2.45, 2.75) is 418 Å². The third-order valence-corrected chi connectivity index (χ3v) is 16.8. The molecule has 0 rings (SSSR count). The average molecular weight is 1090 g/mol. The lowest BCUT2D eigenvalue weighted by Gasteiger charge is -2.22. The molecule has 458 valence electrons. The summed E-state index contributed by atoms with van der Waals surface area (Å²) in [5.41, 5.74) is 0. The Kier molecular flexibility index (Phi) is 65.9. The van der Waals surface area contributed by atoms with Gasteiger partial charge in [-0.05, 0) is 51.4 Å². The highest BCUT2D eigenvalue weighted by molar-refractivity contribution is 5.76. The number of allylic oxidation sites excluding steroid dienone is 2. The van der Waals surface area contributed by atoms with Gasteiger partial charge in [-0.3, -0.25) is 9.59 Å². The zero-order chi connectivity index (χ0) is 55.7. The molecule has 0 saturated heterocycles. The number of unbranched alkanes of at least 4 members (excludes halogenated alkanes) is 54. The van der Waals surface area contributed by atoms with E-state index < -0.39 is 12.1 Å². The van der Waals surface area contributed by atoms with E-state index in [2.05, 4.69) is 31.3 Å². The third kappa shape index (κ3) is 63.6. The van der Waals surface area contributed by atoms with Gasteiger partial charge in [-0.1, -0.05) is 353 Å². The molecule has 0 aromatic rings. The summed E-state index contributed by atoms with van der Waals surface area (Å²) in [7, 11) is 0. The molecule has 0 saturated carbocycles. The predicted molar refractivity (Wildman–Crippen MR) is 338 cm³/mol. The minimum Gasteiger partial charge on any atom is -0.466 e. The molecule has 1 amide bonds. The maximum absolute atomic E-state index is 12.5. The number of ether oxygens (including phenoxy) is 1. The molecule has 0 bridgehead atoms. The monoisotopic (exact) mass is 1090 g/mol. The predicted octanol–water partition coefficient (Wildman–Crippen LogP) is 22.8. The first-order chi connectivity index (χ1) is 38.0. The van der Waals surface area contributed by atoms with Crippen LogP contribution in [0.3, 0.4) is 0 Å². The fourth-order valence-electron chi connectivity index (χ4n) is 11.4. The quantitative estimate of drug-likeness (QED) is 0.0320. The maximum Gasteiger partial charge on any atom is 0.305 e. The van der Waals surface area contributed by atoms with Crippen LogP contribution >= 0.6 is 0 Å². The summed E-state index contributed by atoms with van der Waals surface area (Å²) in [5.74, 6) is -0.0110. The van der Waals surface area contributed by atoms with Crippen LogP contribution in [0.2, 0.25) is 0 Å². The second-order valence-electron chi connectivity index (χ2n) is 24.6. The first kappa shape index (κ1) is 75.6. The van der Waals surface area contributed by atoms with E-state index in [9.17, 15) is 19.8 Å². The molecule has 0 aliphatic heterocycles. The lowest BCUT2D eigenvalue weighted by atomic mass is 10.0. The van der Waals surface area contributed by atoms with E-state index in [-0.39, 0.29) is 18.5 Å². The molecule has 0 aliphatic carbocycles. The summed E-state index contributed by atoms with van der Waals surface area (Å²) in [6.07, 6.45) is 82.6. The molecule has 0 radical (unpaired) electrons. The van der Waals surface area contributed by atoms with Crippen molar-refractivity contribution in [1.29, 1.82) is 0 Å². The molecule has 6 heteroatoms. The fourth-order valence-corrected chi connectivity index (χ4v) is 11.4. The van der Waals surface area contributed by atoms with Crippen molar-refractivity contribution in [3.8, 4) is 0 Å². The van der Waals surface area contributed by atoms with Gasteiger partial charge in [0.2, 0.25) is 5.91 Å². The molecule has 77 heavy (non-hydrogen) atoms. The van der Waals surface area contributed by atoms with Gasteiger partial charge in [-0.2, -0.15) is 0 Å². The van der Waals surface area contributed by atoms with Crippen molar-refractivity contribution in [3.63, 3.8) is 0 Å². The Morgan fingerprint density at radius 1 is 0.351 bits per heavy atom. The smallest absolute Gasteiger partial charge is 0.305 e. The number of hydrogen-bond donors (Lipinski definition) is 3. The molecule has 0 aromatic carbocycles. The Morgan fingerprint density at radius 3 is 0.922 bits per heavy atom. The number of nitrogens with one attached hydrogen (secondary N) is 1. The van der Waals surface area contributed by atoms with Crippen molar-refractivity contribution in [2.24, 2.45) is 0 Å². The van der Waals surface area contributed by atoms with Crippen LogP contribution in [0.1, 0.15) is 406 Å². The SMILES string of the molecule is CCCCCCCCCCCCCCCCCCC(=O)OCCCCCCCCCCCCCC/C=C\CCCCCCCCCCCCCCC(=O)NC(CO)C(O)CCCCCCCCCCCCCCCCCC. The number of rotatable bonds is 67. The lowest BCUT2D eigenvalue weighted by Crippen LogP contribution is -2.45. The number of carbonyl (C=O) groups excluding carboxylic acids is 2. The molecule has 0 heterocycles. The number of amides is 1. The Hall–Kier alpha value is -1.40. The van der Waals surface area contributed by atoms with Gasteiger partial charge in [-0.25, -0.2) is 0 Å². The van der Waals surface area contributed by atoms with Gasteiger partial charge in [-0.15, -0.1) is 0 Å². The molecule has 2 unspecified atom stereocenters. The minimum atomic E-state index is -0.664. The van der Waals surface area contributed by atoms with Gasteiger partial charge in [0, 0.05) is 12.8 Å². The van der Waals surface area contributed by atoms with Crippen molar-refractivity contribution < 1.29 is 24.5 Å². The third-order valence-electron chi connectivity index (χ3n) is 16.8. The molecule has 3 N–H and O–H groups in total. The van der Waals surface area contributed by atoms with E-state index in [0.717, 1.165) is 38.5 Å². The first-order valence-corrected chi connectivity index (χ1v) is 35.4. The molecule has 0 aromatic heterocycles. The lowest BCUT2D eigenvalue weighted by molar-refractivity contribution is -0.143. The highest BCUT2D eigenvalue weighted by atomic mass is 16.5. The van der Waals surface area contributed by atoms with Crippen LogP contribution in [0.15, 0.2) is 12.2 Å². The van der Waals surface area contributed by atoms with E-state index in [0.29, 0.717) is 25.9 Å². The van der Waals surface area contributed by atoms with Crippen LogP contribution in [0.25, 0.3) is 0 Å². The van der Waals surface area contributed by atoms with Gasteiger partial charge in [0.05, 0.1) is 25.4 Å². The molecule has 0 fully saturated rings. The summed E-state index contributed by atoms with van der Waals surface area (Å²) in [6.45, 7) is 5.00. The van der Waals surface area contributed by atoms with E-state index in [1.165, 1.54) is 334 Å². The zero-order valence-electron chi connectivity index (χ0n) is 52.5. The number of hydrogen-bond acceptors (Lipinski definition) is 5. The van der Waals surface area contributed by atoms with Crippen LogP contribution in [0, 0.1) is 0 Å². The van der Waals surface area contributed by atoms with Gasteiger partial charge in [0.25, 0.3) is 0 Å². The summed E-state index contributed by atoms with van der Waals surface area (Å²) in [6, 6.07) is -0.541. The molecule has 0 aliphatic rings. The number of esters is 1. The average Bonchev–Trinajstić information content (AvgIpc) is 3.43. The van der Waals surface area contributed by atoms with Gasteiger partial charge in [0.15, 0.2) is 0 Å². The van der Waals surface area contributed by atoms with Crippen LogP contribution < -0.4 is 5.32 Å². The van der Waals surface area contributed by atoms with E-state index in [1.807, 2.05) is 0 Å². The second kappa shape index (κ2) is 67.1. The molecule has 2 atom stereocenters. The zero-order valence-corrected chi connectivity index (χ0v) is 52.5. The summed E-state index contributed by atoms with van der Waals surface area (Å²) < 4.78 is 5.50. The molecule has 0 spiro atoms. The maximum atomic E-state index is 12.5. The summed E-state index contributed by atoms with van der Waals surface area (Å²) in [5, 5.41) is 23.3. The Bertz CT molecular complexity index is 1160. The van der Waals surface area contributed by atoms with Crippen molar-refractivity contribution in [1.82, 2.24) is 5.32 Å². The fraction of sp³-hybridized carbons (Fsp3) is 0.944. The Labute approximate surface area is 482 Å². The van der Waals surface area contributed by atoms with Crippen molar-refractivity contribution in [2.75, 3.05) is 13.2 Å². The van der Waals surface area contributed by atoms with E-state index >= 15 is 0 Å².